The Morgan fingerprint density at radius 3 is 0.932 bits per heavy atom. The summed E-state index contributed by atoms with van der Waals surface area (Å²) in [6, 6.07) is 10.2. The first-order valence-corrected chi connectivity index (χ1v) is 16.2. The molecule has 242 valence electrons. The second-order valence-electron chi connectivity index (χ2n) is 17.3. The zero-order valence-electron chi connectivity index (χ0n) is 30.0. The largest absolute Gasteiger partial charge is 0.466 e. The standard InChI is InChI=1S/C32H54B4O8/c1-24(2)25(3,4)38-33(37-24)23(34-39-26(5,6)27(7,8)40-34)32(22-20-18-17-19-21-22,35-41-28(9,10)29(11,12)42-35)36-43-30(13,14)31(15,16)44-36/h17-21,23H,1-16H3. The molecule has 4 fully saturated rings. The molecule has 0 spiro atoms. The third kappa shape index (κ3) is 5.01. The van der Waals surface area contributed by atoms with Gasteiger partial charge in [0.15, 0.2) is 0 Å². The highest BCUT2D eigenvalue weighted by atomic mass is 16.7. The average molecular weight is 610 g/mol. The summed E-state index contributed by atoms with van der Waals surface area (Å²) in [6.45, 7) is 32.9. The Bertz CT molecular complexity index is 1110. The molecule has 4 heterocycles. The molecule has 4 aliphatic heterocycles. The predicted octanol–water partition coefficient (Wildman–Crippen LogP) is 6.28. The number of hydrogen-bond donors (Lipinski definition) is 0. The van der Waals surface area contributed by atoms with Crippen LogP contribution in [0.1, 0.15) is 116 Å². The van der Waals surface area contributed by atoms with Crippen LogP contribution in [0.25, 0.3) is 0 Å². The normalized spacial score (nSPS) is 29.2. The number of rotatable bonds is 6. The van der Waals surface area contributed by atoms with E-state index >= 15 is 0 Å². The first kappa shape index (κ1) is 34.5. The summed E-state index contributed by atoms with van der Waals surface area (Å²) in [6.07, 6.45) is 0. The van der Waals surface area contributed by atoms with Gasteiger partial charge in [-0.15, -0.1) is 0 Å². The lowest BCUT2D eigenvalue weighted by Gasteiger charge is -2.44. The molecule has 0 radical (unpaired) electrons. The Kier molecular flexibility index (Phi) is 7.91. The van der Waals surface area contributed by atoms with Gasteiger partial charge >= 0.3 is 28.5 Å². The van der Waals surface area contributed by atoms with Crippen LogP contribution in [0.3, 0.4) is 0 Å². The van der Waals surface area contributed by atoms with Gasteiger partial charge in [0.05, 0.1) is 50.0 Å². The van der Waals surface area contributed by atoms with E-state index in [0.29, 0.717) is 0 Å². The summed E-state index contributed by atoms with van der Waals surface area (Å²) >= 11 is 0. The molecule has 4 aliphatic rings. The molecule has 44 heavy (non-hydrogen) atoms. The molecule has 0 atom stereocenters. The van der Waals surface area contributed by atoms with Gasteiger partial charge in [0.25, 0.3) is 0 Å². The summed E-state index contributed by atoms with van der Waals surface area (Å²) in [5.74, 6) is 0. The van der Waals surface area contributed by atoms with E-state index in [2.05, 4.69) is 123 Å². The van der Waals surface area contributed by atoms with Gasteiger partial charge in [0.2, 0.25) is 0 Å². The van der Waals surface area contributed by atoms with Gasteiger partial charge < -0.3 is 37.2 Å². The molecule has 1 aromatic carbocycles. The van der Waals surface area contributed by atoms with Crippen molar-refractivity contribution in [3.05, 3.63) is 35.9 Å². The van der Waals surface area contributed by atoms with Crippen LogP contribution in [-0.4, -0.2) is 73.3 Å². The van der Waals surface area contributed by atoms with Crippen molar-refractivity contribution in [3.8, 4) is 0 Å². The van der Waals surface area contributed by atoms with Crippen LogP contribution >= 0.6 is 0 Å². The van der Waals surface area contributed by atoms with Crippen molar-refractivity contribution >= 4 is 28.5 Å². The molecule has 8 nitrogen and oxygen atoms in total. The van der Waals surface area contributed by atoms with Crippen molar-refractivity contribution in [1.29, 1.82) is 0 Å². The van der Waals surface area contributed by atoms with Crippen molar-refractivity contribution in [2.45, 2.75) is 167 Å². The highest BCUT2D eigenvalue weighted by Crippen LogP contribution is 2.59. The minimum Gasteiger partial charge on any atom is -0.403 e. The SMILES string of the molecule is CC1(C)OB(C(B2OC(C)(C)C(C)(C)O2)C(B2OC(C)(C)C(C)(C)O2)(B2OC(C)(C)C(C)(C)O2)c2ccccc2)OC1(C)C. The fraction of sp³-hybridized carbons (Fsp3) is 0.812. The molecule has 0 unspecified atom stereocenters. The van der Waals surface area contributed by atoms with Crippen LogP contribution in [0, 0.1) is 0 Å². The molecular formula is C32H54B4O8. The minimum atomic E-state index is -1.19. The topological polar surface area (TPSA) is 73.8 Å². The quantitative estimate of drug-likeness (QED) is 0.349. The number of hydrogen-bond acceptors (Lipinski definition) is 8. The fourth-order valence-corrected chi connectivity index (χ4v) is 6.34. The fourth-order valence-electron chi connectivity index (χ4n) is 6.34. The lowest BCUT2D eigenvalue weighted by molar-refractivity contribution is 0.00578. The highest BCUT2D eigenvalue weighted by molar-refractivity contribution is 6.81. The van der Waals surface area contributed by atoms with E-state index in [4.69, 9.17) is 37.2 Å². The van der Waals surface area contributed by atoms with Crippen molar-refractivity contribution in [2.75, 3.05) is 0 Å². The Balaban J connectivity index is 1.84. The van der Waals surface area contributed by atoms with Crippen LogP contribution < -0.4 is 0 Å². The predicted molar refractivity (Wildman–Crippen MR) is 176 cm³/mol. The van der Waals surface area contributed by atoms with Gasteiger partial charge in [-0.05, 0) is 116 Å². The molecule has 0 aliphatic carbocycles. The maximum atomic E-state index is 7.04. The van der Waals surface area contributed by atoms with E-state index in [1.807, 2.05) is 18.2 Å². The molecule has 4 saturated heterocycles. The van der Waals surface area contributed by atoms with Gasteiger partial charge in [0.1, 0.15) is 0 Å². The zero-order valence-corrected chi connectivity index (χ0v) is 30.0. The first-order chi connectivity index (χ1) is 19.7. The van der Waals surface area contributed by atoms with Gasteiger partial charge in [0, 0.05) is 5.72 Å². The Hall–Kier alpha value is -0.840. The van der Waals surface area contributed by atoms with Gasteiger partial charge in [-0.2, -0.15) is 0 Å². The molecule has 0 aromatic heterocycles. The van der Waals surface area contributed by atoms with Gasteiger partial charge in [-0.3, -0.25) is 0 Å². The molecule has 1 aromatic rings. The van der Waals surface area contributed by atoms with E-state index in [0.717, 1.165) is 5.56 Å². The third-order valence-corrected chi connectivity index (χ3v) is 12.2. The molecule has 0 saturated carbocycles. The smallest absolute Gasteiger partial charge is 0.403 e. The Labute approximate surface area is 267 Å². The van der Waals surface area contributed by atoms with E-state index in [1.54, 1.807) is 0 Å². The lowest BCUT2D eigenvalue weighted by Crippen LogP contribution is -2.67. The third-order valence-electron chi connectivity index (χ3n) is 12.2. The molecule has 12 heteroatoms. The van der Waals surface area contributed by atoms with E-state index < -0.39 is 84.2 Å². The highest BCUT2D eigenvalue weighted by Gasteiger charge is 2.79. The summed E-state index contributed by atoms with van der Waals surface area (Å²) < 4.78 is 55.8. The molecule has 0 amide bonds. The molecular weight excluding hydrogens is 556 g/mol. The lowest BCUT2D eigenvalue weighted by atomic mass is 9.22. The summed E-state index contributed by atoms with van der Waals surface area (Å²) in [5, 5.41) is -1.19. The van der Waals surface area contributed by atoms with E-state index in [-0.39, 0.29) is 0 Å². The molecule has 5 rings (SSSR count). The average Bonchev–Trinajstić information content (AvgIpc) is 3.38. The monoisotopic (exact) mass is 610 g/mol. The molecule has 0 bridgehead atoms. The van der Waals surface area contributed by atoms with Crippen molar-refractivity contribution in [2.24, 2.45) is 0 Å². The maximum absolute atomic E-state index is 7.04. The van der Waals surface area contributed by atoms with Crippen LogP contribution in [0.4, 0.5) is 0 Å². The molecule has 0 N–H and O–H groups in total. The van der Waals surface area contributed by atoms with Crippen molar-refractivity contribution in [1.82, 2.24) is 0 Å². The second kappa shape index (κ2) is 10.1. The van der Waals surface area contributed by atoms with Crippen LogP contribution in [0.2, 0.25) is 5.72 Å². The summed E-state index contributed by atoms with van der Waals surface area (Å²) in [7, 11) is -3.30. The number of benzene rings is 1. The van der Waals surface area contributed by atoms with E-state index in [1.165, 1.54) is 0 Å². The Morgan fingerprint density at radius 1 is 0.409 bits per heavy atom. The van der Waals surface area contributed by atoms with Gasteiger partial charge in [-0.1, -0.05) is 30.3 Å². The second-order valence-corrected chi connectivity index (χ2v) is 17.3. The summed E-state index contributed by atoms with van der Waals surface area (Å²) in [5.41, 5.74) is -4.92. The first-order valence-electron chi connectivity index (χ1n) is 16.2. The van der Waals surface area contributed by atoms with Gasteiger partial charge in [-0.25, -0.2) is 0 Å². The van der Waals surface area contributed by atoms with Crippen molar-refractivity contribution < 1.29 is 37.2 Å². The van der Waals surface area contributed by atoms with Crippen LogP contribution in [-0.2, 0) is 42.4 Å². The van der Waals surface area contributed by atoms with E-state index in [9.17, 15) is 0 Å². The van der Waals surface area contributed by atoms with Crippen LogP contribution in [0.15, 0.2) is 30.3 Å². The van der Waals surface area contributed by atoms with Crippen molar-refractivity contribution in [3.63, 3.8) is 0 Å². The minimum absolute atomic E-state index is 0.631. The summed E-state index contributed by atoms with van der Waals surface area (Å²) in [4.78, 5) is 0. The Morgan fingerprint density at radius 2 is 0.659 bits per heavy atom. The van der Waals surface area contributed by atoms with Crippen LogP contribution in [0.5, 0.6) is 0 Å². The maximum Gasteiger partial charge on any atom is 0.466 e. The zero-order chi connectivity index (χ0) is 33.2.